The summed E-state index contributed by atoms with van der Waals surface area (Å²) in [7, 11) is 2.00. The summed E-state index contributed by atoms with van der Waals surface area (Å²) in [6, 6.07) is 1.48. The van der Waals surface area contributed by atoms with Crippen molar-refractivity contribution in [2.24, 2.45) is 11.8 Å². The van der Waals surface area contributed by atoms with Crippen LogP contribution in [0.1, 0.15) is 44.9 Å². The minimum Gasteiger partial charge on any atom is -0.345 e. The summed E-state index contributed by atoms with van der Waals surface area (Å²) in [6.45, 7) is 0.990. The number of rotatable bonds is 3. The molecule has 0 aromatic heterocycles. The van der Waals surface area contributed by atoms with Crippen LogP contribution in [0.25, 0.3) is 0 Å². The van der Waals surface area contributed by atoms with E-state index in [0.717, 1.165) is 37.4 Å². The van der Waals surface area contributed by atoms with Crippen LogP contribution < -0.4 is 5.32 Å². The molecule has 2 bridgehead atoms. The third-order valence-electron chi connectivity index (χ3n) is 4.93. The number of fused-ring (bicyclic) bond motifs is 2. The summed E-state index contributed by atoms with van der Waals surface area (Å²) in [5, 5.41) is 3.66. The van der Waals surface area contributed by atoms with E-state index >= 15 is 0 Å². The van der Waals surface area contributed by atoms with Gasteiger partial charge in [0.2, 0.25) is 5.91 Å². The molecular weight excluding hydrogens is 212 g/mol. The van der Waals surface area contributed by atoms with Crippen molar-refractivity contribution in [3.8, 4) is 0 Å². The molecule has 0 aromatic rings. The second-order valence-electron chi connectivity index (χ2n) is 6.32. The molecule has 2 aliphatic heterocycles. The average molecular weight is 236 g/mol. The van der Waals surface area contributed by atoms with Crippen LogP contribution in [0.2, 0.25) is 0 Å². The van der Waals surface area contributed by atoms with Crippen LogP contribution in [-0.4, -0.2) is 36.5 Å². The third kappa shape index (κ3) is 2.35. The van der Waals surface area contributed by atoms with Crippen LogP contribution in [0, 0.1) is 11.8 Å². The summed E-state index contributed by atoms with van der Waals surface area (Å²) in [5.74, 6) is 1.50. The van der Waals surface area contributed by atoms with Crippen LogP contribution in [0.5, 0.6) is 0 Å². The number of hydrogen-bond donors (Lipinski definition) is 1. The van der Waals surface area contributed by atoms with Crippen molar-refractivity contribution in [3.63, 3.8) is 0 Å². The van der Waals surface area contributed by atoms with Gasteiger partial charge < -0.3 is 10.2 Å². The number of nitrogens with one attached hydrogen (secondary N) is 1. The van der Waals surface area contributed by atoms with Crippen LogP contribution in [0.15, 0.2) is 0 Å². The maximum Gasteiger partial charge on any atom is 0.225 e. The maximum atomic E-state index is 12.1. The molecule has 3 nitrogen and oxygen atoms in total. The van der Waals surface area contributed by atoms with Crippen molar-refractivity contribution in [2.75, 3.05) is 13.6 Å². The summed E-state index contributed by atoms with van der Waals surface area (Å²) in [4.78, 5) is 14.1. The number of carbonyl (C=O) groups excluding carboxylic acids is 1. The number of amides is 1. The molecule has 2 heterocycles. The maximum absolute atomic E-state index is 12.1. The lowest BCUT2D eigenvalue weighted by atomic mass is 9.84. The highest BCUT2D eigenvalue weighted by molar-refractivity contribution is 5.79. The lowest BCUT2D eigenvalue weighted by Gasteiger charge is -2.34. The Labute approximate surface area is 104 Å². The van der Waals surface area contributed by atoms with E-state index < -0.39 is 0 Å². The van der Waals surface area contributed by atoms with Crippen LogP contribution in [-0.2, 0) is 4.79 Å². The first kappa shape index (κ1) is 11.5. The van der Waals surface area contributed by atoms with Gasteiger partial charge in [0, 0.05) is 31.6 Å². The Bertz CT molecular complexity index is 289. The van der Waals surface area contributed by atoms with Gasteiger partial charge in [0.15, 0.2) is 0 Å². The van der Waals surface area contributed by atoms with Gasteiger partial charge in [-0.1, -0.05) is 6.42 Å². The van der Waals surface area contributed by atoms with E-state index in [1.165, 1.54) is 32.1 Å². The Hall–Kier alpha value is -0.570. The number of nitrogens with zero attached hydrogens (tertiary/aromatic N) is 1. The Balaban J connectivity index is 1.50. The van der Waals surface area contributed by atoms with E-state index in [1.807, 2.05) is 11.9 Å². The van der Waals surface area contributed by atoms with Gasteiger partial charge in [0.1, 0.15) is 0 Å². The second-order valence-corrected chi connectivity index (χ2v) is 6.32. The number of hydrogen-bond acceptors (Lipinski definition) is 2. The largest absolute Gasteiger partial charge is 0.345 e. The number of piperidine rings is 1. The van der Waals surface area contributed by atoms with Gasteiger partial charge in [-0.05, 0) is 44.4 Å². The van der Waals surface area contributed by atoms with Crippen molar-refractivity contribution in [1.82, 2.24) is 10.2 Å². The van der Waals surface area contributed by atoms with E-state index in [4.69, 9.17) is 0 Å². The van der Waals surface area contributed by atoms with E-state index in [9.17, 15) is 4.79 Å². The van der Waals surface area contributed by atoms with Crippen molar-refractivity contribution in [1.29, 1.82) is 0 Å². The normalized spacial score (nSPS) is 36.6. The van der Waals surface area contributed by atoms with Crippen molar-refractivity contribution < 1.29 is 4.79 Å². The summed E-state index contributed by atoms with van der Waals surface area (Å²) < 4.78 is 0. The van der Waals surface area contributed by atoms with Gasteiger partial charge in [0.05, 0.1) is 0 Å². The zero-order valence-electron chi connectivity index (χ0n) is 10.8. The first-order valence-corrected chi connectivity index (χ1v) is 7.23. The zero-order chi connectivity index (χ0) is 11.8. The summed E-state index contributed by atoms with van der Waals surface area (Å²) in [6.07, 6.45) is 8.75. The zero-order valence-corrected chi connectivity index (χ0v) is 10.8. The molecule has 96 valence electrons. The molecule has 2 atom stereocenters. The third-order valence-corrected chi connectivity index (χ3v) is 4.93. The van der Waals surface area contributed by atoms with E-state index in [0.29, 0.717) is 11.8 Å². The Morgan fingerprint density at radius 1 is 1.18 bits per heavy atom. The van der Waals surface area contributed by atoms with Gasteiger partial charge in [0.25, 0.3) is 0 Å². The van der Waals surface area contributed by atoms with Crippen molar-refractivity contribution in [3.05, 3.63) is 0 Å². The topological polar surface area (TPSA) is 32.3 Å². The SMILES string of the molecule is CN(CC1CC2CCC(C1)N2)C(=O)C1CCC1. The molecule has 3 heteroatoms. The lowest BCUT2D eigenvalue weighted by Crippen LogP contribution is -2.44. The van der Waals surface area contributed by atoms with Crippen LogP contribution >= 0.6 is 0 Å². The van der Waals surface area contributed by atoms with Crippen LogP contribution in [0.4, 0.5) is 0 Å². The molecule has 0 radical (unpaired) electrons. The quantitative estimate of drug-likeness (QED) is 0.810. The first-order valence-electron chi connectivity index (χ1n) is 7.23. The minimum absolute atomic E-state index is 0.360. The highest BCUT2D eigenvalue weighted by Crippen LogP contribution is 2.32. The van der Waals surface area contributed by atoms with Crippen molar-refractivity contribution >= 4 is 5.91 Å². The highest BCUT2D eigenvalue weighted by Gasteiger charge is 2.35. The predicted octanol–water partition coefficient (Wildman–Crippen LogP) is 1.78. The Morgan fingerprint density at radius 3 is 2.35 bits per heavy atom. The van der Waals surface area contributed by atoms with E-state index in [1.54, 1.807) is 0 Å². The van der Waals surface area contributed by atoms with E-state index in [2.05, 4.69) is 5.32 Å². The second kappa shape index (κ2) is 4.60. The first-order chi connectivity index (χ1) is 8.22. The highest BCUT2D eigenvalue weighted by atomic mass is 16.2. The molecule has 1 N–H and O–H groups in total. The smallest absolute Gasteiger partial charge is 0.225 e. The molecule has 1 aliphatic carbocycles. The fourth-order valence-corrected chi connectivity index (χ4v) is 3.77. The molecule has 3 fully saturated rings. The monoisotopic (exact) mass is 236 g/mol. The van der Waals surface area contributed by atoms with Gasteiger partial charge >= 0.3 is 0 Å². The Kier molecular flexibility index (Phi) is 3.12. The molecular formula is C14H24N2O. The molecule has 3 aliphatic rings. The van der Waals surface area contributed by atoms with Gasteiger partial charge in [-0.3, -0.25) is 4.79 Å². The molecule has 1 amide bonds. The molecule has 3 rings (SSSR count). The molecule has 2 unspecified atom stereocenters. The predicted molar refractivity (Wildman–Crippen MR) is 67.6 cm³/mol. The van der Waals surface area contributed by atoms with E-state index in [-0.39, 0.29) is 0 Å². The molecule has 17 heavy (non-hydrogen) atoms. The molecule has 0 aromatic carbocycles. The molecule has 1 saturated carbocycles. The minimum atomic E-state index is 0.360. The standard InChI is InChI=1S/C14H24N2O/c1-16(14(17)11-3-2-4-11)9-10-7-12-5-6-13(8-10)15-12/h10-13,15H,2-9H2,1H3. The van der Waals surface area contributed by atoms with Gasteiger partial charge in [-0.2, -0.15) is 0 Å². The lowest BCUT2D eigenvalue weighted by molar-refractivity contribution is -0.137. The average Bonchev–Trinajstić information content (AvgIpc) is 2.55. The van der Waals surface area contributed by atoms with Crippen LogP contribution in [0.3, 0.4) is 0 Å². The fourth-order valence-electron chi connectivity index (χ4n) is 3.77. The Morgan fingerprint density at radius 2 is 1.82 bits per heavy atom. The number of carbonyl (C=O) groups is 1. The van der Waals surface area contributed by atoms with Gasteiger partial charge in [-0.15, -0.1) is 0 Å². The molecule has 2 saturated heterocycles. The van der Waals surface area contributed by atoms with Crippen molar-refractivity contribution in [2.45, 2.75) is 57.0 Å². The summed E-state index contributed by atoms with van der Waals surface area (Å²) in [5.41, 5.74) is 0. The fraction of sp³-hybridized carbons (Fsp3) is 0.929. The summed E-state index contributed by atoms with van der Waals surface area (Å²) >= 11 is 0. The van der Waals surface area contributed by atoms with Gasteiger partial charge in [-0.25, -0.2) is 0 Å². The molecule has 0 spiro atoms.